The lowest BCUT2D eigenvalue weighted by Gasteiger charge is -2.37. The first-order valence-corrected chi connectivity index (χ1v) is 10.6. The summed E-state index contributed by atoms with van der Waals surface area (Å²) in [7, 11) is 0. The van der Waals surface area contributed by atoms with E-state index in [9.17, 15) is 19.0 Å². The second-order valence-corrected chi connectivity index (χ2v) is 8.07. The fourth-order valence-corrected chi connectivity index (χ4v) is 3.92. The van der Waals surface area contributed by atoms with Crippen LogP contribution >= 0.6 is 0 Å². The minimum absolute atomic E-state index is 0.0559. The molecule has 2 atom stereocenters. The van der Waals surface area contributed by atoms with Crippen molar-refractivity contribution in [2.75, 3.05) is 26.3 Å². The summed E-state index contributed by atoms with van der Waals surface area (Å²) in [6.07, 6.45) is 0.791. The van der Waals surface area contributed by atoms with Gasteiger partial charge in [-0.05, 0) is 42.5 Å². The molecule has 1 fully saturated rings. The molecule has 0 spiro atoms. The van der Waals surface area contributed by atoms with Crippen molar-refractivity contribution >= 4 is 0 Å². The quantitative estimate of drug-likeness (QED) is 0.609. The predicted octanol–water partition coefficient (Wildman–Crippen LogP) is 4.10. The Morgan fingerprint density at radius 1 is 1.03 bits per heavy atom. The average molecular weight is 420 g/mol. The van der Waals surface area contributed by atoms with E-state index in [1.54, 1.807) is 0 Å². The van der Waals surface area contributed by atoms with E-state index >= 15 is 0 Å². The average Bonchev–Trinajstić information content (AvgIpc) is 2.75. The highest BCUT2D eigenvalue weighted by Gasteiger charge is 2.31. The molecule has 0 aromatic heterocycles. The van der Waals surface area contributed by atoms with Gasteiger partial charge in [0, 0.05) is 19.0 Å². The summed E-state index contributed by atoms with van der Waals surface area (Å²) in [5.41, 5.74) is 3.06. The summed E-state index contributed by atoms with van der Waals surface area (Å²) < 4.78 is 33.6. The van der Waals surface area contributed by atoms with Crippen molar-refractivity contribution in [1.29, 1.82) is 0 Å². The summed E-state index contributed by atoms with van der Waals surface area (Å²) in [4.78, 5) is 2.00. The molecule has 30 heavy (non-hydrogen) atoms. The van der Waals surface area contributed by atoms with Crippen LogP contribution in [0.3, 0.4) is 0 Å². The second-order valence-electron chi connectivity index (χ2n) is 8.07. The molecule has 0 radical (unpaired) electrons. The van der Waals surface area contributed by atoms with Crippen LogP contribution in [0.15, 0.2) is 54.6 Å². The lowest BCUT2D eigenvalue weighted by Crippen LogP contribution is -2.46. The second kappa shape index (κ2) is 11.0. The number of hydrogen-bond acceptors (Lipinski definition) is 4. The molecule has 1 saturated heterocycles. The van der Waals surface area contributed by atoms with E-state index < -0.39 is 18.6 Å². The number of aliphatic hydroxyl groups excluding tert-OH is 2. The Bertz CT molecular complexity index is 755. The van der Waals surface area contributed by atoms with Gasteiger partial charge in [-0.25, -0.2) is 8.78 Å². The third-order valence-electron chi connectivity index (χ3n) is 5.65. The lowest BCUT2D eigenvalue weighted by atomic mass is 9.99. The van der Waals surface area contributed by atoms with E-state index in [2.05, 4.69) is 0 Å². The zero-order valence-electron chi connectivity index (χ0n) is 17.2. The zero-order valence-corrected chi connectivity index (χ0v) is 17.2. The molecule has 2 aromatic carbocycles. The van der Waals surface area contributed by atoms with Crippen LogP contribution in [-0.4, -0.2) is 59.5 Å². The fourth-order valence-electron chi connectivity index (χ4n) is 3.92. The molecule has 2 unspecified atom stereocenters. The topological polar surface area (TPSA) is 52.9 Å². The van der Waals surface area contributed by atoms with Crippen molar-refractivity contribution in [3.63, 3.8) is 0 Å². The maximum atomic E-state index is 14.2. The lowest BCUT2D eigenvalue weighted by molar-refractivity contribution is -0.0896. The van der Waals surface area contributed by atoms with Gasteiger partial charge in [0.1, 0.15) is 6.61 Å². The highest BCUT2D eigenvalue weighted by Crippen LogP contribution is 2.24. The molecule has 6 heteroatoms. The highest BCUT2D eigenvalue weighted by atomic mass is 19.3. The van der Waals surface area contributed by atoms with Crippen LogP contribution in [0.4, 0.5) is 8.78 Å². The fraction of sp³-hybridized carbons (Fsp3) is 0.500. The molecular formula is C24H31F2NO3. The van der Waals surface area contributed by atoms with Gasteiger partial charge in [0.2, 0.25) is 0 Å². The van der Waals surface area contributed by atoms with Gasteiger partial charge in [0.25, 0.3) is 5.92 Å². The molecular weight excluding hydrogens is 388 g/mol. The van der Waals surface area contributed by atoms with Crippen LogP contribution in [-0.2, 0) is 11.3 Å². The molecule has 0 bridgehead atoms. The van der Waals surface area contributed by atoms with Crippen molar-refractivity contribution in [1.82, 2.24) is 4.90 Å². The number of nitrogens with zero attached hydrogens (tertiary/aromatic N) is 1. The molecule has 2 N–H and O–H groups in total. The van der Waals surface area contributed by atoms with E-state index in [1.807, 2.05) is 59.5 Å². The van der Waals surface area contributed by atoms with E-state index in [-0.39, 0.29) is 25.7 Å². The van der Waals surface area contributed by atoms with Crippen molar-refractivity contribution in [3.8, 4) is 11.1 Å². The summed E-state index contributed by atoms with van der Waals surface area (Å²) in [5.74, 6) is -2.88. The molecule has 3 rings (SSSR count). The maximum absolute atomic E-state index is 14.2. The number of rotatable bonds is 10. The van der Waals surface area contributed by atoms with Gasteiger partial charge in [-0.15, -0.1) is 0 Å². The maximum Gasteiger partial charge on any atom is 0.271 e. The Balaban J connectivity index is 1.38. The molecule has 164 valence electrons. The first kappa shape index (κ1) is 22.8. The summed E-state index contributed by atoms with van der Waals surface area (Å²) in [6.45, 7) is 0.623. The van der Waals surface area contributed by atoms with Gasteiger partial charge in [-0.2, -0.15) is 0 Å². The number of benzene rings is 2. The Morgan fingerprint density at radius 3 is 2.43 bits per heavy atom. The summed E-state index contributed by atoms with van der Waals surface area (Å²) >= 11 is 0. The van der Waals surface area contributed by atoms with Crippen LogP contribution in [0.1, 0.15) is 31.2 Å². The molecule has 1 aliphatic rings. The van der Waals surface area contributed by atoms with Gasteiger partial charge in [-0.3, -0.25) is 4.90 Å². The van der Waals surface area contributed by atoms with Crippen LogP contribution in [0.25, 0.3) is 11.1 Å². The Labute approximate surface area is 177 Å². The molecule has 4 nitrogen and oxygen atoms in total. The van der Waals surface area contributed by atoms with E-state index in [0.29, 0.717) is 32.4 Å². The summed E-state index contributed by atoms with van der Waals surface area (Å²) in [5, 5.41) is 19.1. The molecule has 1 aliphatic heterocycles. The molecule has 0 amide bonds. The number of hydrogen-bond donors (Lipinski definition) is 2. The number of alkyl halides is 2. The number of ether oxygens (including phenoxy) is 1. The third-order valence-corrected chi connectivity index (χ3v) is 5.65. The molecule has 0 aliphatic carbocycles. The summed E-state index contributed by atoms with van der Waals surface area (Å²) in [6, 6.07) is 17.6. The van der Waals surface area contributed by atoms with Crippen LogP contribution in [0, 0.1) is 0 Å². The zero-order chi connectivity index (χ0) is 21.4. The number of likely N-dealkylation sites (tertiary alicyclic amines) is 1. The van der Waals surface area contributed by atoms with Gasteiger partial charge >= 0.3 is 0 Å². The third kappa shape index (κ3) is 6.84. The molecule has 0 saturated carbocycles. The largest absolute Gasteiger partial charge is 0.395 e. The number of halogens is 2. The SMILES string of the molecule is OCC1CC(O)CCN1CCCC(F)(F)COCc1ccc(-c2ccccc2)cc1. The number of aliphatic hydroxyl groups is 2. The molecule has 1 heterocycles. The van der Waals surface area contributed by atoms with Crippen LogP contribution < -0.4 is 0 Å². The predicted molar refractivity (Wildman–Crippen MR) is 113 cm³/mol. The normalized spacial score (nSPS) is 20.4. The highest BCUT2D eigenvalue weighted by molar-refractivity contribution is 5.63. The Kier molecular flexibility index (Phi) is 8.33. The van der Waals surface area contributed by atoms with Crippen molar-refractivity contribution in [2.45, 2.75) is 50.4 Å². The monoisotopic (exact) mass is 419 g/mol. The Hall–Kier alpha value is -1.86. The van der Waals surface area contributed by atoms with E-state index in [0.717, 1.165) is 16.7 Å². The van der Waals surface area contributed by atoms with Gasteiger partial charge in [0.15, 0.2) is 0 Å². The van der Waals surface area contributed by atoms with E-state index in [4.69, 9.17) is 4.74 Å². The molecule has 2 aromatic rings. The van der Waals surface area contributed by atoms with Gasteiger partial charge in [-0.1, -0.05) is 54.6 Å². The smallest absolute Gasteiger partial charge is 0.271 e. The number of piperidine rings is 1. The van der Waals surface area contributed by atoms with Crippen molar-refractivity contribution in [3.05, 3.63) is 60.2 Å². The Morgan fingerprint density at radius 2 is 1.73 bits per heavy atom. The van der Waals surface area contributed by atoms with Gasteiger partial charge in [0.05, 0.1) is 19.3 Å². The minimum Gasteiger partial charge on any atom is -0.395 e. The first-order valence-electron chi connectivity index (χ1n) is 10.6. The first-order chi connectivity index (χ1) is 14.5. The van der Waals surface area contributed by atoms with Crippen molar-refractivity contribution < 1.29 is 23.7 Å². The van der Waals surface area contributed by atoms with Crippen LogP contribution in [0.2, 0.25) is 0 Å². The standard InChI is InChI=1S/C24H31F2NO3/c25-24(26,12-4-13-27-14-11-23(29)15-22(27)16-28)18-30-17-19-7-9-21(10-8-19)20-5-2-1-3-6-20/h1-3,5-10,22-23,28-29H,4,11-18H2. The van der Waals surface area contributed by atoms with E-state index in [1.165, 1.54) is 0 Å². The minimum atomic E-state index is -2.88. The van der Waals surface area contributed by atoms with Crippen molar-refractivity contribution in [2.24, 2.45) is 0 Å². The van der Waals surface area contributed by atoms with Gasteiger partial charge < -0.3 is 14.9 Å². The van der Waals surface area contributed by atoms with Crippen LogP contribution in [0.5, 0.6) is 0 Å².